The average molecular weight is 427 g/mol. The number of amides is 3. The first-order valence-corrected chi connectivity index (χ1v) is 10.2. The Hall–Kier alpha value is -3.29. The summed E-state index contributed by atoms with van der Waals surface area (Å²) in [7, 11) is 0. The van der Waals surface area contributed by atoms with Gasteiger partial charge in [-0.2, -0.15) is 0 Å². The minimum absolute atomic E-state index is 0.0349. The summed E-state index contributed by atoms with van der Waals surface area (Å²) < 4.78 is 27.4. The normalized spacial score (nSPS) is 21.0. The van der Waals surface area contributed by atoms with Gasteiger partial charge < -0.3 is 10.2 Å². The molecule has 2 unspecified atom stereocenters. The van der Waals surface area contributed by atoms with E-state index in [1.165, 1.54) is 0 Å². The maximum absolute atomic E-state index is 14.0. The van der Waals surface area contributed by atoms with Crippen molar-refractivity contribution in [3.05, 3.63) is 65.2 Å². The number of nitrogens with one attached hydrogen (secondary N) is 1. The van der Waals surface area contributed by atoms with E-state index in [1.54, 1.807) is 41.0 Å². The van der Waals surface area contributed by atoms with Crippen molar-refractivity contribution >= 4 is 23.4 Å². The van der Waals surface area contributed by atoms with Crippen LogP contribution in [-0.2, 0) is 9.59 Å². The standard InChI is InChI=1S/C23H23F2N3O3/c1-14(17-13-15(24)7-8-18(17)25)26-20(29)10-12-27-22(31)16-5-3-4-6-19(16)28-21(30)9-11-23(27,28)2/h3-8,13-14H,9-12H2,1-2H3,(H,26,29). The highest BCUT2D eigenvalue weighted by Gasteiger charge is 2.52. The number of carbonyl (C=O) groups excluding carboxylic acids is 3. The van der Waals surface area contributed by atoms with Gasteiger partial charge >= 0.3 is 0 Å². The van der Waals surface area contributed by atoms with Gasteiger partial charge in [0.1, 0.15) is 17.3 Å². The Labute approximate surface area is 178 Å². The molecule has 162 valence electrons. The molecular weight excluding hydrogens is 404 g/mol. The molecule has 0 spiro atoms. The second-order valence-electron chi connectivity index (χ2n) is 8.13. The molecule has 2 aliphatic heterocycles. The predicted octanol–water partition coefficient (Wildman–Crippen LogP) is 3.53. The Bertz CT molecular complexity index is 1070. The van der Waals surface area contributed by atoms with Gasteiger partial charge in [0.15, 0.2) is 0 Å². The number of benzene rings is 2. The first-order valence-electron chi connectivity index (χ1n) is 10.2. The van der Waals surface area contributed by atoms with Crippen LogP contribution in [0.2, 0.25) is 0 Å². The molecule has 2 aromatic carbocycles. The SMILES string of the molecule is CC(NC(=O)CCN1C(=O)c2ccccc2N2C(=O)CCC12C)c1cc(F)ccc1F. The summed E-state index contributed by atoms with van der Waals surface area (Å²) in [5.74, 6) is -1.89. The molecule has 0 radical (unpaired) electrons. The smallest absolute Gasteiger partial charge is 0.257 e. The number of rotatable bonds is 5. The van der Waals surface area contributed by atoms with Crippen LogP contribution < -0.4 is 10.2 Å². The second-order valence-corrected chi connectivity index (χ2v) is 8.13. The minimum Gasteiger partial charge on any atom is -0.349 e. The second kappa shape index (κ2) is 7.76. The van der Waals surface area contributed by atoms with Crippen LogP contribution in [0.1, 0.15) is 55.1 Å². The number of nitrogens with zero attached hydrogens (tertiary/aromatic N) is 2. The third-order valence-corrected chi connectivity index (χ3v) is 6.11. The molecule has 1 saturated heterocycles. The van der Waals surface area contributed by atoms with Crippen LogP contribution in [-0.4, -0.2) is 34.8 Å². The van der Waals surface area contributed by atoms with Crippen molar-refractivity contribution in [1.82, 2.24) is 10.2 Å². The van der Waals surface area contributed by atoms with Gasteiger partial charge in [-0.3, -0.25) is 19.3 Å². The van der Waals surface area contributed by atoms with Gasteiger partial charge in [0.2, 0.25) is 11.8 Å². The van der Waals surface area contributed by atoms with E-state index < -0.39 is 29.2 Å². The van der Waals surface area contributed by atoms with Crippen molar-refractivity contribution in [1.29, 1.82) is 0 Å². The molecule has 3 amide bonds. The van der Waals surface area contributed by atoms with E-state index in [0.29, 0.717) is 24.1 Å². The summed E-state index contributed by atoms with van der Waals surface area (Å²) in [6.45, 7) is 3.49. The van der Waals surface area contributed by atoms with E-state index in [4.69, 9.17) is 0 Å². The van der Waals surface area contributed by atoms with Crippen LogP contribution in [0.4, 0.5) is 14.5 Å². The minimum atomic E-state index is -0.844. The third-order valence-electron chi connectivity index (χ3n) is 6.11. The van der Waals surface area contributed by atoms with Gasteiger partial charge in [0.05, 0.1) is 17.3 Å². The summed E-state index contributed by atoms with van der Waals surface area (Å²) in [6.07, 6.45) is 0.752. The first-order chi connectivity index (χ1) is 14.7. The fourth-order valence-electron chi connectivity index (χ4n) is 4.49. The van der Waals surface area contributed by atoms with Gasteiger partial charge in [0, 0.05) is 24.9 Å². The summed E-state index contributed by atoms with van der Waals surface area (Å²) in [5, 5.41) is 2.65. The Kier molecular flexibility index (Phi) is 5.24. The number of fused-ring (bicyclic) bond motifs is 3. The average Bonchev–Trinajstić information content (AvgIpc) is 3.04. The van der Waals surface area contributed by atoms with Crippen molar-refractivity contribution < 1.29 is 23.2 Å². The van der Waals surface area contributed by atoms with Gasteiger partial charge in [-0.15, -0.1) is 0 Å². The number of anilines is 1. The van der Waals surface area contributed by atoms with Crippen molar-refractivity contribution in [2.75, 3.05) is 11.4 Å². The van der Waals surface area contributed by atoms with Gasteiger partial charge in [-0.25, -0.2) is 8.78 Å². The van der Waals surface area contributed by atoms with Crippen LogP contribution in [0.25, 0.3) is 0 Å². The highest BCUT2D eigenvalue weighted by molar-refractivity contribution is 6.10. The Balaban J connectivity index is 1.50. The Morgan fingerprint density at radius 2 is 1.94 bits per heavy atom. The molecular formula is C23H23F2N3O3. The number of hydrogen-bond acceptors (Lipinski definition) is 3. The highest BCUT2D eigenvalue weighted by atomic mass is 19.1. The van der Waals surface area contributed by atoms with E-state index >= 15 is 0 Å². The van der Waals surface area contributed by atoms with Crippen LogP contribution in [0, 0.1) is 11.6 Å². The summed E-state index contributed by atoms with van der Waals surface area (Å²) >= 11 is 0. The fourth-order valence-corrected chi connectivity index (χ4v) is 4.49. The van der Waals surface area contributed by atoms with Crippen LogP contribution in [0.3, 0.4) is 0 Å². The first kappa shape index (κ1) is 21.0. The highest BCUT2D eigenvalue weighted by Crippen LogP contribution is 2.43. The molecule has 1 N–H and O–H groups in total. The molecule has 0 aliphatic carbocycles. The topological polar surface area (TPSA) is 69.7 Å². The molecule has 2 heterocycles. The van der Waals surface area contributed by atoms with E-state index in [0.717, 1.165) is 18.2 Å². The zero-order valence-corrected chi connectivity index (χ0v) is 17.3. The lowest BCUT2D eigenvalue weighted by Gasteiger charge is -2.48. The Morgan fingerprint density at radius 1 is 1.19 bits per heavy atom. The molecule has 0 bridgehead atoms. The molecule has 6 nitrogen and oxygen atoms in total. The summed E-state index contributed by atoms with van der Waals surface area (Å²) in [6, 6.07) is 9.30. The van der Waals surface area contributed by atoms with E-state index in [1.807, 2.05) is 6.92 Å². The zero-order valence-electron chi connectivity index (χ0n) is 17.3. The number of hydrogen-bond donors (Lipinski definition) is 1. The molecule has 31 heavy (non-hydrogen) atoms. The molecule has 2 aromatic rings. The Morgan fingerprint density at radius 3 is 2.71 bits per heavy atom. The zero-order chi connectivity index (χ0) is 22.3. The molecule has 1 fully saturated rings. The largest absolute Gasteiger partial charge is 0.349 e. The van der Waals surface area contributed by atoms with E-state index in [2.05, 4.69) is 5.32 Å². The summed E-state index contributed by atoms with van der Waals surface area (Å²) in [5.41, 5.74) is 0.221. The molecule has 2 aliphatic rings. The van der Waals surface area contributed by atoms with E-state index in [-0.39, 0.29) is 30.3 Å². The molecule has 0 saturated carbocycles. The monoisotopic (exact) mass is 427 g/mol. The lowest BCUT2D eigenvalue weighted by molar-refractivity contribution is -0.122. The molecule has 0 aromatic heterocycles. The lowest BCUT2D eigenvalue weighted by Crippen LogP contribution is -2.62. The number of carbonyl (C=O) groups is 3. The van der Waals surface area contributed by atoms with Crippen molar-refractivity contribution in [3.8, 4) is 0 Å². The van der Waals surface area contributed by atoms with Crippen LogP contribution >= 0.6 is 0 Å². The number of halogens is 2. The van der Waals surface area contributed by atoms with Gasteiger partial charge in [-0.05, 0) is 50.6 Å². The van der Waals surface area contributed by atoms with E-state index in [9.17, 15) is 23.2 Å². The quantitative estimate of drug-likeness (QED) is 0.794. The molecule has 4 rings (SSSR count). The van der Waals surface area contributed by atoms with Gasteiger partial charge in [0.25, 0.3) is 5.91 Å². The van der Waals surface area contributed by atoms with Crippen molar-refractivity contribution in [2.24, 2.45) is 0 Å². The molecule has 8 heteroatoms. The maximum Gasteiger partial charge on any atom is 0.257 e. The van der Waals surface area contributed by atoms with Crippen molar-refractivity contribution in [2.45, 2.75) is 44.8 Å². The number of para-hydroxylation sites is 1. The third kappa shape index (κ3) is 3.56. The van der Waals surface area contributed by atoms with Crippen LogP contribution in [0.5, 0.6) is 0 Å². The lowest BCUT2D eigenvalue weighted by atomic mass is 9.98. The van der Waals surface area contributed by atoms with Crippen LogP contribution in [0.15, 0.2) is 42.5 Å². The summed E-state index contributed by atoms with van der Waals surface area (Å²) in [4.78, 5) is 41.5. The van der Waals surface area contributed by atoms with Crippen molar-refractivity contribution in [3.63, 3.8) is 0 Å². The predicted molar refractivity (Wildman–Crippen MR) is 110 cm³/mol. The maximum atomic E-state index is 14.0. The molecule has 2 atom stereocenters. The van der Waals surface area contributed by atoms with Gasteiger partial charge in [-0.1, -0.05) is 12.1 Å². The fraction of sp³-hybridized carbons (Fsp3) is 0.348.